The third-order valence-electron chi connectivity index (χ3n) is 5.75. The molecule has 0 saturated heterocycles. The summed E-state index contributed by atoms with van der Waals surface area (Å²) in [6.07, 6.45) is 3.16. The van der Waals surface area contributed by atoms with Gasteiger partial charge in [0.25, 0.3) is 0 Å². The van der Waals surface area contributed by atoms with Gasteiger partial charge in [-0.3, -0.25) is 0 Å². The molecule has 1 atom stereocenters. The standard InChI is InChI=1S/C32H31NO2/c1-23(2)32(34)35-31-21-13-27(14-22-31)10-9-26-11-19-30(20-12-26)33(28-15-5-24(3)6-16-28)29-17-7-25(4)8-18-29/h5-22,32,34H,1H2,2-4H3. The van der Waals surface area contributed by atoms with Gasteiger partial charge in [-0.15, -0.1) is 0 Å². The summed E-state index contributed by atoms with van der Waals surface area (Å²) in [6.45, 7) is 9.64. The van der Waals surface area contributed by atoms with Crippen LogP contribution < -0.4 is 9.64 Å². The second kappa shape index (κ2) is 10.9. The van der Waals surface area contributed by atoms with Gasteiger partial charge in [0.15, 0.2) is 0 Å². The molecule has 4 rings (SSSR count). The van der Waals surface area contributed by atoms with Crippen LogP contribution in [0.4, 0.5) is 17.1 Å². The van der Waals surface area contributed by atoms with Crippen LogP contribution in [0.3, 0.4) is 0 Å². The Balaban J connectivity index is 1.53. The zero-order valence-electron chi connectivity index (χ0n) is 20.5. The number of anilines is 3. The summed E-state index contributed by atoms with van der Waals surface area (Å²) < 4.78 is 5.44. The zero-order valence-corrected chi connectivity index (χ0v) is 20.5. The lowest BCUT2D eigenvalue weighted by Crippen LogP contribution is -2.15. The Morgan fingerprint density at radius 2 is 1.06 bits per heavy atom. The van der Waals surface area contributed by atoms with Crippen LogP contribution >= 0.6 is 0 Å². The van der Waals surface area contributed by atoms with Crippen LogP contribution in [-0.4, -0.2) is 11.4 Å². The minimum atomic E-state index is -0.991. The average Bonchev–Trinajstić information content (AvgIpc) is 2.87. The van der Waals surface area contributed by atoms with Crippen molar-refractivity contribution < 1.29 is 9.84 Å². The minimum absolute atomic E-state index is 0.570. The number of hydrogen-bond donors (Lipinski definition) is 1. The van der Waals surface area contributed by atoms with E-state index in [1.165, 1.54) is 11.1 Å². The molecule has 0 aromatic heterocycles. The zero-order chi connectivity index (χ0) is 24.8. The monoisotopic (exact) mass is 461 g/mol. The van der Waals surface area contributed by atoms with E-state index in [9.17, 15) is 5.11 Å². The second-order valence-electron chi connectivity index (χ2n) is 8.82. The fourth-order valence-electron chi connectivity index (χ4n) is 3.65. The molecule has 4 aromatic carbocycles. The first-order valence-electron chi connectivity index (χ1n) is 11.7. The van der Waals surface area contributed by atoms with Crippen molar-refractivity contribution in [2.75, 3.05) is 4.90 Å². The lowest BCUT2D eigenvalue weighted by atomic mass is 10.1. The first-order valence-corrected chi connectivity index (χ1v) is 11.7. The molecule has 3 nitrogen and oxygen atoms in total. The molecule has 0 spiro atoms. The Bertz CT molecular complexity index is 1240. The van der Waals surface area contributed by atoms with Crippen LogP contribution in [0.1, 0.15) is 29.2 Å². The average molecular weight is 462 g/mol. The van der Waals surface area contributed by atoms with Gasteiger partial charge in [0.1, 0.15) is 5.75 Å². The van der Waals surface area contributed by atoms with E-state index in [-0.39, 0.29) is 0 Å². The van der Waals surface area contributed by atoms with Crippen LogP contribution in [0, 0.1) is 13.8 Å². The van der Waals surface area contributed by atoms with E-state index in [1.54, 1.807) is 6.92 Å². The molecule has 0 aliphatic rings. The van der Waals surface area contributed by atoms with Crippen LogP contribution in [0.2, 0.25) is 0 Å². The van der Waals surface area contributed by atoms with Crippen LogP contribution in [0.15, 0.2) is 109 Å². The molecule has 0 heterocycles. The van der Waals surface area contributed by atoms with E-state index in [1.807, 2.05) is 24.3 Å². The summed E-state index contributed by atoms with van der Waals surface area (Å²) in [5, 5.41) is 9.79. The molecule has 0 amide bonds. The number of rotatable bonds is 8. The van der Waals surface area contributed by atoms with Gasteiger partial charge in [-0.2, -0.15) is 0 Å². The highest BCUT2D eigenvalue weighted by molar-refractivity contribution is 5.78. The first-order chi connectivity index (χ1) is 16.9. The van der Waals surface area contributed by atoms with Crippen molar-refractivity contribution in [3.8, 4) is 5.75 Å². The Morgan fingerprint density at radius 3 is 1.46 bits per heavy atom. The van der Waals surface area contributed by atoms with Crippen LogP contribution in [-0.2, 0) is 0 Å². The SMILES string of the molecule is C=C(C)C(O)Oc1ccc(C=Cc2ccc(N(c3ccc(C)cc3)c3ccc(C)cc3)cc2)cc1. The second-order valence-corrected chi connectivity index (χ2v) is 8.82. The Kier molecular flexibility index (Phi) is 7.49. The van der Waals surface area contributed by atoms with Gasteiger partial charge < -0.3 is 14.7 Å². The van der Waals surface area contributed by atoms with Crippen molar-refractivity contribution in [1.82, 2.24) is 0 Å². The van der Waals surface area contributed by atoms with Crippen molar-refractivity contribution in [1.29, 1.82) is 0 Å². The van der Waals surface area contributed by atoms with Crippen LogP contribution in [0.5, 0.6) is 5.75 Å². The summed E-state index contributed by atoms with van der Waals surface area (Å²) in [6, 6.07) is 33.4. The highest BCUT2D eigenvalue weighted by Gasteiger charge is 2.12. The molecule has 35 heavy (non-hydrogen) atoms. The lowest BCUT2D eigenvalue weighted by Gasteiger charge is -2.25. The van der Waals surface area contributed by atoms with E-state index in [2.05, 4.69) is 110 Å². The fraction of sp³-hybridized carbons (Fsp3) is 0.125. The largest absolute Gasteiger partial charge is 0.461 e. The summed E-state index contributed by atoms with van der Waals surface area (Å²) >= 11 is 0. The highest BCUT2D eigenvalue weighted by Crippen LogP contribution is 2.35. The molecule has 0 aliphatic carbocycles. The Hall–Kier alpha value is -4.08. The number of nitrogens with zero attached hydrogens (tertiary/aromatic N) is 1. The Morgan fingerprint density at radius 1 is 0.686 bits per heavy atom. The topological polar surface area (TPSA) is 32.7 Å². The molecule has 3 heteroatoms. The van der Waals surface area contributed by atoms with Gasteiger partial charge in [0.2, 0.25) is 6.29 Å². The molecule has 1 unspecified atom stereocenters. The van der Waals surface area contributed by atoms with E-state index in [0.717, 1.165) is 28.2 Å². The van der Waals surface area contributed by atoms with Crippen molar-refractivity contribution in [2.24, 2.45) is 0 Å². The van der Waals surface area contributed by atoms with Gasteiger partial charge in [-0.1, -0.05) is 78.4 Å². The van der Waals surface area contributed by atoms with Crippen molar-refractivity contribution in [3.63, 3.8) is 0 Å². The molecule has 176 valence electrons. The molecule has 0 fully saturated rings. The summed E-state index contributed by atoms with van der Waals surface area (Å²) in [4.78, 5) is 2.27. The number of aliphatic hydroxyl groups is 1. The fourth-order valence-corrected chi connectivity index (χ4v) is 3.65. The smallest absolute Gasteiger partial charge is 0.219 e. The number of aliphatic hydroxyl groups excluding tert-OH is 1. The number of ether oxygens (including phenoxy) is 1. The van der Waals surface area contributed by atoms with Crippen molar-refractivity contribution in [2.45, 2.75) is 27.1 Å². The maximum Gasteiger partial charge on any atom is 0.219 e. The molecule has 0 radical (unpaired) electrons. The predicted molar refractivity (Wildman–Crippen MR) is 147 cm³/mol. The van der Waals surface area contributed by atoms with E-state index >= 15 is 0 Å². The third kappa shape index (κ3) is 6.28. The minimum Gasteiger partial charge on any atom is -0.461 e. The maximum absolute atomic E-state index is 9.79. The van der Waals surface area contributed by atoms with Gasteiger partial charge in [0.05, 0.1) is 0 Å². The summed E-state index contributed by atoms with van der Waals surface area (Å²) in [7, 11) is 0. The van der Waals surface area contributed by atoms with Gasteiger partial charge in [0, 0.05) is 17.1 Å². The van der Waals surface area contributed by atoms with Crippen molar-refractivity contribution >= 4 is 29.2 Å². The van der Waals surface area contributed by atoms with E-state index in [0.29, 0.717) is 11.3 Å². The van der Waals surface area contributed by atoms with Gasteiger partial charge in [-0.05, 0) is 86.0 Å². The highest BCUT2D eigenvalue weighted by atomic mass is 16.6. The van der Waals surface area contributed by atoms with Gasteiger partial charge in [-0.25, -0.2) is 0 Å². The maximum atomic E-state index is 9.79. The molecule has 4 aromatic rings. The number of hydrogen-bond acceptors (Lipinski definition) is 3. The molecular weight excluding hydrogens is 430 g/mol. The quantitative estimate of drug-likeness (QED) is 0.163. The third-order valence-corrected chi connectivity index (χ3v) is 5.75. The number of aryl methyl sites for hydroxylation is 2. The van der Waals surface area contributed by atoms with Gasteiger partial charge >= 0.3 is 0 Å². The normalized spacial score (nSPS) is 11.9. The molecular formula is C32H31NO2. The summed E-state index contributed by atoms with van der Waals surface area (Å²) in [5.74, 6) is 0.606. The predicted octanol–water partition coefficient (Wildman–Crippen LogP) is 8.22. The van der Waals surface area contributed by atoms with E-state index in [4.69, 9.17) is 4.74 Å². The first kappa shape index (κ1) is 24.1. The van der Waals surface area contributed by atoms with Crippen molar-refractivity contribution in [3.05, 3.63) is 131 Å². The molecule has 0 aliphatic heterocycles. The molecule has 0 saturated carbocycles. The summed E-state index contributed by atoms with van der Waals surface area (Å²) in [5.41, 5.74) is 8.57. The van der Waals surface area contributed by atoms with E-state index < -0.39 is 6.29 Å². The Labute approximate surface area is 208 Å². The lowest BCUT2D eigenvalue weighted by molar-refractivity contribution is 0.0151. The van der Waals surface area contributed by atoms with Crippen LogP contribution in [0.25, 0.3) is 12.2 Å². The molecule has 0 bridgehead atoms. The number of benzene rings is 4. The molecule has 1 N–H and O–H groups in total.